The maximum absolute atomic E-state index is 11.1. The molecule has 0 aromatic heterocycles. The minimum atomic E-state index is -0.675. The molecule has 8 heteroatoms. The molecule has 4 N–H and O–H groups in total. The van der Waals surface area contributed by atoms with Gasteiger partial charge in [-0.1, -0.05) is 0 Å². The molecule has 21 heavy (non-hydrogen) atoms. The number of anilines is 1. The molecule has 0 saturated carbocycles. The first-order chi connectivity index (χ1) is 10.1. The van der Waals surface area contributed by atoms with Crippen molar-refractivity contribution in [2.45, 2.75) is 0 Å². The number of piperazine rings is 1. The number of hydrogen-bond acceptors (Lipinski definition) is 6. The average molecular weight is 293 g/mol. The zero-order valence-electron chi connectivity index (χ0n) is 11.7. The van der Waals surface area contributed by atoms with Crippen molar-refractivity contribution in [1.29, 1.82) is 0 Å². The predicted octanol–water partition coefficient (Wildman–Crippen LogP) is 0.0108. The molecule has 1 aliphatic rings. The van der Waals surface area contributed by atoms with E-state index in [0.717, 1.165) is 32.7 Å². The number of primary amides is 1. The Hall–Kier alpha value is -2.19. The summed E-state index contributed by atoms with van der Waals surface area (Å²) in [5.74, 6) is -0.675. The lowest BCUT2D eigenvalue weighted by Crippen LogP contribution is -2.45. The highest BCUT2D eigenvalue weighted by atomic mass is 16.6. The van der Waals surface area contributed by atoms with Gasteiger partial charge >= 0.3 is 0 Å². The Morgan fingerprint density at radius 1 is 1.43 bits per heavy atom. The number of nitrogens with one attached hydrogen (secondary N) is 2. The lowest BCUT2D eigenvalue weighted by Gasteiger charge is -2.27. The summed E-state index contributed by atoms with van der Waals surface area (Å²) in [5.41, 5.74) is 5.54. The molecule has 1 aliphatic heterocycles. The first-order valence-corrected chi connectivity index (χ1v) is 6.83. The minimum absolute atomic E-state index is 0.133. The lowest BCUT2D eigenvalue weighted by atomic mass is 10.1. The number of benzene rings is 1. The van der Waals surface area contributed by atoms with Gasteiger partial charge in [0.2, 0.25) is 5.91 Å². The van der Waals surface area contributed by atoms with Crippen LogP contribution in [-0.4, -0.2) is 55.0 Å². The van der Waals surface area contributed by atoms with Gasteiger partial charge in [0.25, 0.3) is 5.69 Å². The van der Waals surface area contributed by atoms with Crippen LogP contribution >= 0.6 is 0 Å². The smallest absolute Gasteiger partial charge is 0.293 e. The standard InChI is InChI=1S/C13H19N5O3/c14-13(19)10-1-2-11(12(9-10)18(20)21)16-5-8-17-6-3-15-4-7-17/h1-2,9,15-16H,3-8H2,(H2,14,19). The van der Waals surface area contributed by atoms with E-state index in [2.05, 4.69) is 15.5 Å². The molecule has 1 aromatic carbocycles. The monoisotopic (exact) mass is 293 g/mol. The summed E-state index contributed by atoms with van der Waals surface area (Å²) in [5, 5.41) is 17.4. The summed E-state index contributed by atoms with van der Waals surface area (Å²) >= 11 is 0. The summed E-state index contributed by atoms with van der Waals surface area (Å²) < 4.78 is 0. The van der Waals surface area contributed by atoms with Gasteiger partial charge in [-0.3, -0.25) is 19.8 Å². The maximum Gasteiger partial charge on any atom is 0.293 e. The maximum atomic E-state index is 11.1. The van der Waals surface area contributed by atoms with E-state index in [4.69, 9.17) is 5.73 Å². The largest absolute Gasteiger partial charge is 0.378 e. The number of nitrogens with two attached hydrogens (primary N) is 1. The van der Waals surface area contributed by atoms with Crippen molar-refractivity contribution >= 4 is 17.3 Å². The first kappa shape index (κ1) is 15.2. The average Bonchev–Trinajstić information content (AvgIpc) is 2.48. The SMILES string of the molecule is NC(=O)c1ccc(NCCN2CCNCC2)c([N+](=O)[O-])c1. The molecule has 0 radical (unpaired) electrons. The summed E-state index contributed by atoms with van der Waals surface area (Å²) in [6.45, 7) is 5.31. The van der Waals surface area contributed by atoms with Gasteiger partial charge in [-0.05, 0) is 12.1 Å². The molecule has 0 unspecified atom stereocenters. The van der Waals surface area contributed by atoms with Gasteiger partial charge in [0, 0.05) is 50.9 Å². The van der Waals surface area contributed by atoms with E-state index in [1.807, 2.05) is 0 Å². The van der Waals surface area contributed by atoms with Gasteiger partial charge < -0.3 is 16.4 Å². The van der Waals surface area contributed by atoms with Gasteiger partial charge in [-0.25, -0.2) is 0 Å². The second-order valence-corrected chi connectivity index (χ2v) is 4.87. The van der Waals surface area contributed by atoms with E-state index in [9.17, 15) is 14.9 Å². The molecule has 1 fully saturated rings. The van der Waals surface area contributed by atoms with E-state index < -0.39 is 10.8 Å². The highest BCUT2D eigenvalue weighted by Crippen LogP contribution is 2.25. The van der Waals surface area contributed by atoms with Crippen molar-refractivity contribution in [3.05, 3.63) is 33.9 Å². The third kappa shape index (κ3) is 4.14. The van der Waals surface area contributed by atoms with Crippen LogP contribution < -0.4 is 16.4 Å². The van der Waals surface area contributed by atoms with Crippen molar-refractivity contribution in [1.82, 2.24) is 10.2 Å². The molecule has 0 spiro atoms. The molecule has 1 amide bonds. The van der Waals surface area contributed by atoms with Crippen molar-refractivity contribution in [2.24, 2.45) is 5.73 Å². The fourth-order valence-electron chi connectivity index (χ4n) is 2.27. The Bertz CT molecular complexity index is 529. The summed E-state index contributed by atoms with van der Waals surface area (Å²) in [6.07, 6.45) is 0. The van der Waals surface area contributed by atoms with Crippen LogP contribution in [0.2, 0.25) is 0 Å². The van der Waals surface area contributed by atoms with E-state index in [1.54, 1.807) is 0 Å². The molecule has 1 saturated heterocycles. The molecule has 1 aromatic rings. The zero-order valence-corrected chi connectivity index (χ0v) is 11.7. The first-order valence-electron chi connectivity index (χ1n) is 6.83. The van der Waals surface area contributed by atoms with Crippen LogP contribution in [-0.2, 0) is 0 Å². The van der Waals surface area contributed by atoms with Crippen LogP contribution in [0.5, 0.6) is 0 Å². The number of carbonyl (C=O) groups excluding carboxylic acids is 1. The molecule has 0 bridgehead atoms. The van der Waals surface area contributed by atoms with Crippen LogP contribution in [0.25, 0.3) is 0 Å². The number of hydrogen-bond donors (Lipinski definition) is 3. The van der Waals surface area contributed by atoms with E-state index >= 15 is 0 Å². The van der Waals surface area contributed by atoms with Crippen molar-refractivity contribution < 1.29 is 9.72 Å². The molecular weight excluding hydrogens is 274 g/mol. The summed E-state index contributed by atoms with van der Waals surface area (Å²) in [7, 11) is 0. The number of amides is 1. The van der Waals surface area contributed by atoms with E-state index in [1.165, 1.54) is 18.2 Å². The zero-order chi connectivity index (χ0) is 15.2. The summed E-state index contributed by atoms with van der Waals surface area (Å²) in [6, 6.07) is 4.22. The number of carbonyl (C=O) groups is 1. The van der Waals surface area contributed by atoms with E-state index in [0.29, 0.717) is 12.2 Å². The number of nitro benzene ring substituents is 1. The van der Waals surface area contributed by atoms with Crippen LogP contribution in [0.15, 0.2) is 18.2 Å². The van der Waals surface area contributed by atoms with Gasteiger partial charge in [0.05, 0.1) is 4.92 Å². The van der Waals surface area contributed by atoms with E-state index in [-0.39, 0.29) is 11.3 Å². The van der Waals surface area contributed by atoms with Gasteiger partial charge in [-0.15, -0.1) is 0 Å². The van der Waals surface area contributed by atoms with Gasteiger partial charge in [-0.2, -0.15) is 0 Å². The second kappa shape index (κ2) is 7.00. The Kier molecular flexibility index (Phi) is 5.07. The third-order valence-electron chi connectivity index (χ3n) is 3.43. The fraction of sp³-hybridized carbons (Fsp3) is 0.462. The van der Waals surface area contributed by atoms with Crippen LogP contribution in [0.1, 0.15) is 10.4 Å². The Morgan fingerprint density at radius 2 is 2.14 bits per heavy atom. The number of nitro groups is 1. The van der Waals surface area contributed by atoms with Crippen molar-refractivity contribution in [3.63, 3.8) is 0 Å². The molecule has 2 rings (SSSR count). The van der Waals surface area contributed by atoms with Crippen LogP contribution in [0.4, 0.5) is 11.4 Å². The normalized spacial score (nSPS) is 15.6. The Balaban J connectivity index is 1.98. The molecule has 1 heterocycles. The van der Waals surface area contributed by atoms with Gasteiger partial charge in [0.1, 0.15) is 5.69 Å². The van der Waals surface area contributed by atoms with Crippen LogP contribution in [0.3, 0.4) is 0 Å². The Morgan fingerprint density at radius 3 is 2.76 bits per heavy atom. The highest BCUT2D eigenvalue weighted by Gasteiger charge is 2.16. The van der Waals surface area contributed by atoms with Crippen LogP contribution in [0, 0.1) is 10.1 Å². The minimum Gasteiger partial charge on any atom is -0.378 e. The molecule has 114 valence electrons. The molecule has 8 nitrogen and oxygen atoms in total. The third-order valence-corrected chi connectivity index (χ3v) is 3.43. The molecule has 0 atom stereocenters. The van der Waals surface area contributed by atoms with Gasteiger partial charge in [0.15, 0.2) is 0 Å². The highest BCUT2D eigenvalue weighted by molar-refractivity contribution is 5.94. The lowest BCUT2D eigenvalue weighted by molar-refractivity contribution is -0.384. The quantitative estimate of drug-likeness (QED) is 0.503. The fourth-order valence-corrected chi connectivity index (χ4v) is 2.27. The second-order valence-electron chi connectivity index (χ2n) is 4.87. The summed E-state index contributed by atoms with van der Waals surface area (Å²) in [4.78, 5) is 23.9. The van der Waals surface area contributed by atoms with Crippen molar-refractivity contribution in [3.8, 4) is 0 Å². The molecule has 0 aliphatic carbocycles. The number of rotatable bonds is 6. The van der Waals surface area contributed by atoms with Crippen molar-refractivity contribution in [2.75, 3.05) is 44.6 Å². The number of nitrogens with zero attached hydrogens (tertiary/aromatic N) is 2. The molecular formula is C13H19N5O3. The predicted molar refractivity (Wildman–Crippen MR) is 79.4 cm³/mol. The topological polar surface area (TPSA) is 114 Å². The Labute approximate surface area is 122 Å².